The maximum absolute atomic E-state index is 6.19. The molecule has 0 aliphatic carbocycles. The van der Waals surface area contributed by atoms with Gasteiger partial charge in [-0.3, -0.25) is 0 Å². The molecule has 3 heterocycles. The van der Waals surface area contributed by atoms with E-state index in [0.717, 1.165) is 17.1 Å². The SMILES string of the molecule is CCN1CCC(c2ncc3c(Cl)cccn23)CC1. The largest absolute Gasteiger partial charge is 0.304 e. The number of fused-ring (bicyclic) bond motifs is 1. The Morgan fingerprint density at radius 2 is 2.17 bits per heavy atom. The molecule has 2 aromatic rings. The maximum Gasteiger partial charge on any atom is 0.116 e. The molecule has 3 rings (SSSR count). The summed E-state index contributed by atoms with van der Waals surface area (Å²) in [6.45, 7) is 5.74. The third-order valence-corrected chi connectivity index (χ3v) is 4.27. The number of hydrogen-bond acceptors (Lipinski definition) is 2. The van der Waals surface area contributed by atoms with E-state index in [-0.39, 0.29) is 0 Å². The third kappa shape index (κ3) is 2.02. The fourth-order valence-corrected chi connectivity index (χ4v) is 3.03. The van der Waals surface area contributed by atoms with Crippen LogP contribution >= 0.6 is 11.6 Å². The van der Waals surface area contributed by atoms with Gasteiger partial charge in [-0.1, -0.05) is 18.5 Å². The molecular weight excluding hydrogens is 246 g/mol. The number of hydrogen-bond donors (Lipinski definition) is 0. The van der Waals surface area contributed by atoms with Gasteiger partial charge in [0.25, 0.3) is 0 Å². The zero-order valence-corrected chi connectivity index (χ0v) is 11.4. The predicted molar refractivity (Wildman–Crippen MR) is 74.3 cm³/mol. The highest BCUT2D eigenvalue weighted by molar-refractivity contribution is 6.33. The highest BCUT2D eigenvalue weighted by Gasteiger charge is 2.23. The lowest BCUT2D eigenvalue weighted by molar-refractivity contribution is 0.219. The molecule has 18 heavy (non-hydrogen) atoms. The fraction of sp³-hybridized carbons (Fsp3) is 0.500. The summed E-state index contributed by atoms with van der Waals surface area (Å²) in [4.78, 5) is 7.09. The zero-order valence-electron chi connectivity index (χ0n) is 10.6. The molecule has 0 amide bonds. The number of likely N-dealkylation sites (tertiary alicyclic amines) is 1. The van der Waals surface area contributed by atoms with E-state index in [0.29, 0.717) is 5.92 Å². The van der Waals surface area contributed by atoms with Crippen molar-refractivity contribution in [2.45, 2.75) is 25.7 Å². The molecule has 0 bridgehead atoms. The highest BCUT2D eigenvalue weighted by Crippen LogP contribution is 2.29. The van der Waals surface area contributed by atoms with Gasteiger partial charge in [0.2, 0.25) is 0 Å². The minimum atomic E-state index is 0.564. The third-order valence-electron chi connectivity index (χ3n) is 3.95. The monoisotopic (exact) mass is 263 g/mol. The molecule has 1 aliphatic rings. The summed E-state index contributed by atoms with van der Waals surface area (Å²) in [7, 11) is 0. The van der Waals surface area contributed by atoms with Gasteiger partial charge in [-0.15, -0.1) is 0 Å². The van der Waals surface area contributed by atoms with Crippen molar-refractivity contribution >= 4 is 17.1 Å². The molecule has 3 nitrogen and oxygen atoms in total. The summed E-state index contributed by atoms with van der Waals surface area (Å²) in [5.74, 6) is 1.73. The molecule has 2 aromatic heterocycles. The Balaban J connectivity index is 1.89. The van der Waals surface area contributed by atoms with Crippen LogP contribution in [-0.2, 0) is 0 Å². The quantitative estimate of drug-likeness (QED) is 0.830. The molecule has 1 aliphatic heterocycles. The number of aromatic nitrogens is 2. The van der Waals surface area contributed by atoms with Crippen LogP contribution < -0.4 is 0 Å². The van der Waals surface area contributed by atoms with Crippen LogP contribution in [0.2, 0.25) is 5.02 Å². The van der Waals surface area contributed by atoms with Gasteiger partial charge < -0.3 is 9.30 Å². The zero-order chi connectivity index (χ0) is 12.5. The normalized spacial score (nSPS) is 18.6. The van der Waals surface area contributed by atoms with Crippen molar-refractivity contribution in [3.05, 3.63) is 35.4 Å². The molecule has 0 saturated carbocycles. The van der Waals surface area contributed by atoms with Crippen molar-refractivity contribution in [1.29, 1.82) is 0 Å². The Hall–Kier alpha value is -1.06. The molecule has 4 heteroatoms. The molecular formula is C14H18ClN3. The van der Waals surface area contributed by atoms with Gasteiger partial charge in [-0.05, 0) is 44.6 Å². The first-order chi connectivity index (χ1) is 8.79. The van der Waals surface area contributed by atoms with Gasteiger partial charge in [0.1, 0.15) is 5.82 Å². The first kappa shape index (κ1) is 12.0. The molecule has 1 fully saturated rings. The van der Waals surface area contributed by atoms with E-state index >= 15 is 0 Å². The Labute approximate surface area is 112 Å². The maximum atomic E-state index is 6.19. The summed E-state index contributed by atoms with van der Waals surface area (Å²) >= 11 is 6.19. The smallest absolute Gasteiger partial charge is 0.116 e. The second kappa shape index (κ2) is 4.90. The summed E-state index contributed by atoms with van der Waals surface area (Å²) in [6, 6.07) is 3.91. The van der Waals surface area contributed by atoms with Crippen molar-refractivity contribution in [3.8, 4) is 0 Å². The Morgan fingerprint density at radius 1 is 1.39 bits per heavy atom. The van der Waals surface area contributed by atoms with Crippen LogP contribution in [0.15, 0.2) is 24.5 Å². The standard InChI is InChI=1S/C14H18ClN3/c1-2-17-8-5-11(6-9-17)14-16-10-13-12(15)4-3-7-18(13)14/h3-4,7,10-11H,2,5-6,8-9H2,1H3. The van der Waals surface area contributed by atoms with Crippen molar-refractivity contribution in [2.75, 3.05) is 19.6 Å². The summed E-state index contributed by atoms with van der Waals surface area (Å²) in [5, 5.41) is 0.780. The summed E-state index contributed by atoms with van der Waals surface area (Å²) in [5.41, 5.74) is 1.02. The topological polar surface area (TPSA) is 20.5 Å². The average molecular weight is 264 g/mol. The van der Waals surface area contributed by atoms with E-state index < -0.39 is 0 Å². The van der Waals surface area contributed by atoms with Crippen LogP contribution in [0, 0.1) is 0 Å². The van der Waals surface area contributed by atoms with E-state index in [1.165, 1.54) is 31.8 Å². The van der Waals surface area contributed by atoms with E-state index in [4.69, 9.17) is 11.6 Å². The molecule has 0 spiro atoms. The molecule has 0 atom stereocenters. The molecule has 0 N–H and O–H groups in total. The Morgan fingerprint density at radius 3 is 2.89 bits per heavy atom. The molecule has 0 aromatic carbocycles. The van der Waals surface area contributed by atoms with Crippen LogP contribution in [0.4, 0.5) is 0 Å². The van der Waals surface area contributed by atoms with E-state index in [1.807, 2.05) is 18.3 Å². The molecule has 0 radical (unpaired) electrons. The van der Waals surface area contributed by atoms with Gasteiger partial charge >= 0.3 is 0 Å². The first-order valence-electron chi connectivity index (χ1n) is 6.63. The average Bonchev–Trinajstić information content (AvgIpc) is 2.84. The summed E-state index contributed by atoms with van der Waals surface area (Å²) in [6.07, 6.45) is 6.35. The van der Waals surface area contributed by atoms with E-state index in [1.54, 1.807) is 0 Å². The first-order valence-corrected chi connectivity index (χ1v) is 7.01. The van der Waals surface area contributed by atoms with Gasteiger partial charge in [0.15, 0.2) is 0 Å². The van der Waals surface area contributed by atoms with Crippen molar-refractivity contribution in [2.24, 2.45) is 0 Å². The van der Waals surface area contributed by atoms with Gasteiger partial charge in [0, 0.05) is 12.1 Å². The number of nitrogens with zero attached hydrogens (tertiary/aromatic N) is 3. The molecule has 1 saturated heterocycles. The van der Waals surface area contributed by atoms with Crippen molar-refractivity contribution < 1.29 is 0 Å². The minimum absolute atomic E-state index is 0.564. The van der Waals surface area contributed by atoms with Gasteiger partial charge in [-0.2, -0.15) is 0 Å². The second-order valence-electron chi connectivity index (χ2n) is 4.94. The van der Waals surface area contributed by atoms with Crippen LogP contribution in [0.3, 0.4) is 0 Å². The number of piperidine rings is 1. The van der Waals surface area contributed by atoms with Crippen molar-refractivity contribution in [1.82, 2.24) is 14.3 Å². The van der Waals surface area contributed by atoms with Crippen LogP contribution in [0.25, 0.3) is 5.52 Å². The summed E-state index contributed by atoms with van der Waals surface area (Å²) < 4.78 is 2.15. The number of halogens is 1. The Bertz CT molecular complexity index is 541. The Kier molecular flexibility index (Phi) is 3.27. The second-order valence-corrected chi connectivity index (χ2v) is 5.34. The predicted octanol–water partition coefficient (Wildman–Crippen LogP) is 3.19. The van der Waals surface area contributed by atoms with Gasteiger partial charge in [0.05, 0.1) is 16.7 Å². The number of pyridine rings is 1. The molecule has 96 valence electrons. The van der Waals surface area contributed by atoms with E-state index in [9.17, 15) is 0 Å². The lowest BCUT2D eigenvalue weighted by atomic mass is 9.96. The van der Waals surface area contributed by atoms with Crippen LogP contribution in [-0.4, -0.2) is 33.9 Å². The lowest BCUT2D eigenvalue weighted by Crippen LogP contribution is -2.33. The fourth-order valence-electron chi connectivity index (χ4n) is 2.82. The van der Waals surface area contributed by atoms with Crippen LogP contribution in [0.1, 0.15) is 31.5 Å². The molecule has 0 unspecified atom stereocenters. The number of rotatable bonds is 2. The number of imidazole rings is 1. The van der Waals surface area contributed by atoms with E-state index in [2.05, 4.69) is 27.4 Å². The minimum Gasteiger partial charge on any atom is -0.304 e. The highest BCUT2D eigenvalue weighted by atomic mass is 35.5. The van der Waals surface area contributed by atoms with Gasteiger partial charge in [-0.25, -0.2) is 4.98 Å². The van der Waals surface area contributed by atoms with Crippen LogP contribution in [0.5, 0.6) is 0 Å². The van der Waals surface area contributed by atoms with Crippen molar-refractivity contribution in [3.63, 3.8) is 0 Å². The lowest BCUT2D eigenvalue weighted by Gasteiger charge is -2.30.